The van der Waals surface area contributed by atoms with Crippen molar-refractivity contribution < 1.29 is 0 Å². The van der Waals surface area contributed by atoms with Crippen molar-refractivity contribution in [2.75, 3.05) is 13.1 Å². The Hall–Kier alpha value is -0.590. The zero-order valence-corrected chi connectivity index (χ0v) is 7.12. The Morgan fingerprint density at radius 1 is 1.55 bits per heavy atom. The van der Waals surface area contributed by atoms with Crippen LogP contribution in [0.4, 0.5) is 0 Å². The van der Waals surface area contributed by atoms with Gasteiger partial charge in [-0.1, -0.05) is 13.8 Å². The van der Waals surface area contributed by atoms with Crippen molar-refractivity contribution in [3.8, 4) is 6.07 Å². The topological polar surface area (TPSA) is 53.0 Å². The SMILES string of the molecule is CC(C)C(C#N)N1CC(N)C1. The van der Waals surface area contributed by atoms with E-state index in [1.165, 1.54) is 0 Å². The van der Waals surface area contributed by atoms with Gasteiger partial charge in [0.2, 0.25) is 0 Å². The minimum Gasteiger partial charge on any atom is -0.325 e. The molecule has 1 rings (SSSR count). The zero-order chi connectivity index (χ0) is 8.43. The maximum Gasteiger partial charge on any atom is 0.100 e. The van der Waals surface area contributed by atoms with Crippen LogP contribution in [-0.2, 0) is 0 Å². The van der Waals surface area contributed by atoms with Crippen LogP contribution in [0.25, 0.3) is 0 Å². The molecular formula is C8H15N3. The molecule has 0 aromatic rings. The van der Waals surface area contributed by atoms with E-state index in [2.05, 4.69) is 24.8 Å². The molecule has 0 aliphatic carbocycles. The number of nitrogens with two attached hydrogens (primary N) is 1. The van der Waals surface area contributed by atoms with Crippen LogP contribution in [0.2, 0.25) is 0 Å². The van der Waals surface area contributed by atoms with E-state index >= 15 is 0 Å². The Morgan fingerprint density at radius 3 is 2.36 bits per heavy atom. The quantitative estimate of drug-likeness (QED) is 0.615. The molecule has 0 radical (unpaired) electrons. The van der Waals surface area contributed by atoms with Gasteiger partial charge in [0.15, 0.2) is 0 Å². The van der Waals surface area contributed by atoms with Gasteiger partial charge in [0.1, 0.15) is 6.04 Å². The van der Waals surface area contributed by atoms with Gasteiger partial charge in [-0.3, -0.25) is 4.90 Å². The van der Waals surface area contributed by atoms with Crippen molar-refractivity contribution in [2.45, 2.75) is 25.9 Å². The summed E-state index contributed by atoms with van der Waals surface area (Å²) in [6.45, 7) is 5.91. The highest BCUT2D eigenvalue weighted by Gasteiger charge is 2.31. The average molecular weight is 153 g/mol. The predicted molar refractivity (Wildman–Crippen MR) is 43.8 cm³/mol. The van der Waals surface area contributed by atoms with Crippen molar-refractivity contribution in [3.05, 3.63) is 0 Å². The molecular weight excluding hydrogens is 138 g/mol. The summed E-state index contributed by atoms with van der Waals surface area (Å²) in [6, 6.07) is 2.65. The van der Waals surface area contributed by atoms with Gasteiger partial charge in [0.25, 0.3) is 0 Å². The first-order valence-electron chi connectivity index (χ1n) is 4.04. The summed E-state index contributed by atoms with van der Waals surface area (Å²) in [6.07, 6.45) is 0. The molecule has 2 N–H and O–H groups in total. The second kappa shape index (κ2) is 3.21. The van der Waals surface area contributed by atoms with E-state index < -0.39 is 0 Å². The van der Waals surface area contributed by atoms with Crippen LogP contribution in [0, 0.1) is 17.2 Å². The van der Waals surface area contributed by atoms with Crippen LogP contribution in [-0.4, -0.2) is 30.1 Å². The molecule has 1 aliphatic heterocycles. The largest absolute Gasteiger partial charge is 0.325 e. The molecule has 0 bridgehead atoms. The predicted octanol–water partition coefficient (Wildman–Crippen LogP) is 0.177. The van der Waals surface area contributed by atoms with Crippen LogP contribution >= 0.6 is 0 Å². The molecule has 3 heteroatoms. The van der Waals surface area contributed by atoms with E-state index in [0.717, 1.165) is 13.1 Å². The van der Waals surface area contributed by atoms with Crippen molar-refractivity contribution in [2.24, 2.45) is 11.7 Å². The van der Waals surface area contributed by atoms with Gasteiger partial charge >= 0.3 is 0 Å². The van der Waals surface area contributed by atoms with Crippen molar-refractivity contribution in [1.29, 1.82) is 5.26 Å². The molecule has 0 aromatic carbocycles. The Bertz CT molecular complexity index is 165. The molecule has 3 nitrogen and oxygen atoms in total. The van der Waals surface area contributed by atoms with Gasteiger partial charge in [-0.15, -0.1) is 0 Å². The van der Waals surface area contributed by atoms with E-state index in [1.807, 2.05) is 0 Å². The third kappa shape index (κ3) is 1.70. The maximum atomic E-state index is 8.79. The standard InChI is InChI=1S/C8H15N3/c1-6(2)8(3-9)11-4-7(10)5-11/h6-8H,4-5,10H2,1-2H3. The molecule has 1 fully saturated rings. The van der Waals surface area contributed by atoms with E-state index in [-0.39, 0.29) is 6.04 Å². The summed E-state index contributed by atoms with van der Waals surface area (Å²) in [5.41, 5.74) is 5.61. The fraction of sp³-hybridized carbons (Fsp3) is 0.875. The van der Waals surface area contributed by atoms with E-state index in [4.69, 9.17) is 11.0 Å². The van der Waals surface area contributed by atoms with Gasteiger partial charge in [-0.2, -0.15) is 5.26 Å². The van der Waals surface area contributed by atoms with Gasteiger partial charge in [-0.25, -0.2) is 0 Å². The van der Waals surface area contributed by atoms with Crippen LogP contribution in [0.1, 0.15) is 13.8 Å². The molecule has 1 heterocycles. The number of hydrogen-bond acceptors (Lipinski definition) is 3. The molecule has 1 unspecified atom stereocenters. The maximum absolute atomic E-state index is 8.79. The Labute approximate surface area is 67.8 Å². The summed E-state index contributed by atoms with van der Waals surface area (Å²) < 4.78 is 0. The summed E-state index contributed by atoms with van der Waals surface area (Å²) in [5.74, 6) is 0.410. The lowest BCUT2D eigenvalue weighted by atomic mass is 9.98. The van der Waals surface area contributed by atoms with Gasteiger partial charge in [0, 0.05) is 19.1 Å². The molecule has 0 spiro atoms. The molecule has 1 atom stereocenters. The number of likely N-dealkylation sites (tertiary alicyclic amines) is 1. The first-order chi connectivity index (χ1) is 5.15. The summed E-state index contributed by atoms with van der Waals surface area (Å²) in [7, 11) is 0. The zero-order valence-electron chi connectivity index (χ0n) is 7.12. The molecule has 0 saturated carbocycles. The second-order valence-electron chi connectivity index (χ2n) is 3.53. The third-order valence-corrected chi connectivity index (χ3v) is 2.10. The van der Waals surface area contributed by atoms with E-state index in [9.17, 15) is 0 Å². The molecule has 62 valence electrons. The number of hydrogen-bond donors (Lipinski definition) is 1. The first kappa shape index (κ1) is 8.51. The van der Waals surface area contributed by atoms with Crippen LogP contribution in [0.15, 0.2) is 0 Å². The lowest BCUT2D eigenvalue weighted by Crippen LogP contribution is -2.60. The number of nitrogens with zero attached hydrogens (tertiary/aromatic N) is 2. The average Bonchev–Trinajstić information content (AvgIpc) is 1.85. The highest BCUT2D eigenvalue weighted by Crippen LogP contribution is 2.16. The molecule has 1 saturated heterocycles. The minimum absolute atomic E-state index is 0.0646. The fourth-order valence-corrected chi connectivity index (χ4v) is 1.43. The molecule has 0 amide bonds. The Morgan fingerprint density at radius 2 is 2.09 bits per heavy atom. The Kier molecular flexibility index (Phi) is 2.48. The van der Waals surface area contributed by atoms with Crippen molar-refractivity contribution in [1.82, 2.24) is 4.90 Å². The highest BCUT2D eigenvalue weighted by molar-refractivity contribution is 5.00. The summed E-state index contributed by atoms with van der Waals surface area (Å²) in [5, 5.41) is 8.79. The van der Waals surface area contributed by atoms with Crippen molar-refractivity contribution >= 4 is 0 Å². The summed E-state index contributed by atoms with van der Waals surface area (Å²) >= 11 is 0. The minimum atomic E-state index is 0.0646. The third-order valence-electron chi connectivity index (χ3n) is 2.10. The normalized spacial score (nSPS) is 22.8. The first-order valence-corrected chi connectivity index (χ1v) is 4.04. The Balaban J connectivity index is 2.40. The van der Waals surface area contributed by atoms with Gasteiger partial charge < -0.3 is 5.73 Å². The van der Waals surface area contributed by atoms with Crippen LogP contribution in [0.3, 0.4) is 0 Å². The van der Waals surface area contributed by atoms with Gasteiger partial charge in [-0.05, 0) is 5.92 Å². The van der Waals surface area contributed by atoms with Crippen LogP contribution in [0.5, 0.6) is 0 Å². The lowest BCUT2D eigenvalue weighted by Gasteiger charge is -2.41. The van der Waals surface area contributed by atoms with E-state index in [1.54, 1.807) is 0 Å². The molecule has 1 aliphatic rings. The van der Waals surface area contributed by atoms with Crippen molar-refractivity contribution in [3.63, 3.8) is 0 Å². The van der Waals surface area contributed by atoms with Gasteiger partial charge in [0.05, 0.1) is 6.07 Å². The second-order valence-corrected chi connectivity index (χ2v) is 3.53. The lowest BCUT2D eigenvalue weighted by molar-refractivity contribution is 0.0975. The smallest absolute Gasteiger partial charge is 0.100 e. The molecule has 0 aromatic heterocycles. The summed E-state index contributed by atoms with van der Waals surface area (Å²) in [4.78, 5) is 2.13. The monoisotopic (exact) mass is 153 g/mol. The fourth-order valence-electron chi connectivity index (χ4n) is 1.43. The highest BCUT2D eigenvalue weighted by atomic mass is 15.2. The number of nitriles is 1. The molecule has 11 heavy (non-hydrogen) atoms. The number of rotatable bonds is 2. The van der Waals surface area contributed by atoms with E-state index in [0.29, 0.717) is 12.0 Å². The van der Waals surface area contributed by atoms with Crippen LogP contribution < -0.4 is 5.73 Å².